The summed E-state index contributed by atoms with van der Waals surface area (Å²) in [5.41, 5.74) is 13.6. The molecule has 20 nitrogen and oxygen atoms in total. The average Bonchev–Trinajstić information content (AvgIpc) is 1.68. The number of hydrogen-bond acceptors (Lipinski definition) is 18. The van der Waals surface area contributed by atoms with Gasteiger partial charge in [0.05, 0.1) is 28.0 Å². The topological polar surface area (TPSA) is 260 Å². The number of aryl methyl sites for hydroxylation is 3. The van der Waals surface area contributed by atoms with Crippen LogP contribution in [0.3, 0.4) is 0 Å². The Hall–Kier alpha value is -6.53. The van der Waals surface area contributed by atoms with E-state index in [1.165, 1.54) is 31.3 Å². The smallest absolute Gasteiger partial charge is 0.408 e. The highest BCUT2D eigenvalue weighted by atomic mass is 32.1. The maximum absolute atomic E-state index is 12.2. The molecule has 3 amide bonds. The number of rotatable bonds is 12. The number of nitrogens with one attached hydrogen (secondary N) is 2. The summed E-state index contributed by atoms with van der Waals surface area (Å²) < 4.78 is 29.9. The molecule has 3 fully saturated rings. The molecule has 6 aliphatic rings. The standard InChI is InChI=1S/2C23H30N4O3S.C18H24N4O2S/c2*1-22(2,3)30-21(28)27-23(4)10-8-15(9-11-23)29-19-18-17-14(12-24-5)6-7-16(17)31-20(18)26-13-25-19;1-18(20)6-4-11(5-7-18)24-16-15-14-10(8-13(19)23)2-3-12(14)25-17(15)22-9-21-16/h2*13-15H,6-12H2,1-4H3,(H,27,28);9-11H,2-8,20H2,1H3,(H2,19,23)/t2*14-,15?,23?;10-,11?,18?/m111/s1. The molecule has 0 aromatic carbocycles. The number of nitrogens with zero attached hydrogens (tertiary/aromatic N) is 8. The molecule has 466 valence electrons. The molecule has 0 bridgehead atoms. The van der Waals surface area contributed by atoms with Crippen LogP contribution in [0.2, 0.25) is 0 Å². The summed E-state index contributed by atoms with van der Waals surface area (Å²) in [4.78, 5) is 76.7. The molecule has 0 radical (unpaired) electrons. The van der Waals surface area contributed by atoms with Gasteiger partial charge in [-0.05, 0) is 200 Å². The predicted molar refractivity (Wildman–Crippen MR) is 339 cm³/mol. The lowest BCUT2D eigenvalue weighted by atomic mass is 9.82. The van der Waals surface area contributed by atoms with E-state index in [9.17, 15) is 14.4 Å². The Kier molecular flexibility index (Phi) is 18.9. The van der Waals surface area contributed by atoms with Crippen LogP contribution in [0.15, 0.2) is 19.0 Å². The van der Waals surface area contributed by atoms with E-state index in [1.54, 1.807) is 53.0 Å². The second kappa shape index (κ2) is 25.9. The Bertz CT molecular complexity index is 3400. The minimum Gasteiger partial charge on any atom is -0.474 e. The molecule has 0 aliphatic heterocycles. The van der Waals surface area contributed by atoms with E-state index in [1.807, 2.05) is 41.5 Å². The first-order chi connectivity index (χ1) is 41.3. The highest BCUT2D eigenvalue weighted by Gasteiger charge is 2.40. The summed E-state index contributed by atoms with van der Waals surface area (Å²) in [6.07, 6.45) is 20.9. The summed E-state index contributed by atoms with van der Waals surface area (Å²) in [6, 6.07) is 0. The Balaban J connectivity index is 0.000000145. The number of amides is 3. The summed E-state index contributed by atoms with van der Waals surface area (Å²) >= 11 is 5.11. The largest absolute Gasteiger partial charge is 0.474 e. The van der Waals surface area contributed by atoms with Gasteiger partial charge in [0.1, 0.15) is 63.0 Å². The zero-order valence-electron chi connectivity index (χ0n) is 51.8. The van der Waals surface area contributed by atoms with E-state index < -0.39 is 11.2 Å². The molecule has 0 spiro atoms. The Morgan fingerprint density at radius 3 is 1.18 bits per heavy atom. The summed E-state index contributed by atoms with van der Waals surface area (Å²) in [5.74, 6) is 2.36. The Labute approximate surface area is 522 Å². The molecule has 12 rings (SSSR count). The van der Waals surface area contributed by atoms with Crippen molar-refractivity contribution in [3.63, 3.8) is 0 Å². The molecule has 0 saturated heterocycles. The first-order valence-corrected chi connectivity index (χ1v) is 33.3. The van der Waals surface area contributed by atoms with Crippen molar-refractivity contribution < 1.29 is 38.1 Å². The van der Waals surface area contributed by atoms with Gasteiger partial charge in [-0.2, -0.15) is 0 Å². The molecule has 3 saturated carbocycles. The number of primary amides is 1. The number of aromatic nitrogens is 6. The van der Waals surface area contributed by atoms with Gasteiger partial charge in [0.25, 0.3) is 0 Å². The third-order valence-electron chi connectivity index (χ3n) is 17.7. The molecular formula is C64H84N12O8S3. The van der Waals surface area contributed by atoms with Crippen LogP contribution in [-0.2, 0) is 33.5 Å². The molecular weight excluding hydrogens is 1160 g/mol. The molecule has 6 aromatic rings. The van der Waals surface area contributed by atoms with Crippen LogP contribution in [0.25, 0.3) is 40.3 Å². The fourth-order valence-electron chi connectivity index (χ4n) is 13.3. The van der Waals surface area contributed by atoms with Gasteiger partial charge in [-0.3, -0.25) is 4.79 Å². The minimum atomic E-state index is -0.509. The zero-order valence-corrected chi connectivity index (χ0v) is 54.2. The highest BCUT2D eigenvalue weighted by Crippen LogP contribution is 2.50. The van der Waals surface area contributed by atoms with Gasteiger partial charge in [0.15, 0.2) is 0 Å². The number of carbonyl (C=O) groups excluding carboxylic acids is 3. The number of carbonyl (C=O) groups is 3. The van der Waals surface area contributed by atoms with Crippen LogP contribution in [0.1, 0.15) is 214 Å². The van der Waals surface area contributed by atoms with Gasteiger partial charge in [0, 0.05) is 37.7 Å². The van der Waals surface area contributed by atoms with Gasteiger partial charge in [-0.15, -0.1) is 34.0 Å². The second-order valence-corrected chi connectivity index (χ2v) is 30.7. The van der Waals surface area contributed by atoms with Crippen molar-refractivity contribution in [2.45, 2.75) is 248 Å². The van der Waals surface area contributed by atoms with Crippen molar-refractivity contribution in [2.24, 2.45) is 11.5 Å². The normalized spacial score (nSPS) is 26.6. The summed E-state index contributed by atoms with van der Waals surface area (Å²) in [5, 5.41) is 9.10. The lowest BCUT2D eigenvalue weighted by Crippen LogP contribution is -2.51. The third-order valence-corrected chi connectivity index (χ3v) is 21.3. The van der Waals surface area contributed by atoms with E-state index >= 15 is 0 Å². The molecule has 23 heteroatoms. The first-order valence-electron chi connectivity index (χ1n) is 30.8. The second-order valence-electron chi connectivity index (χ2n) is 27.4. The molecule has 6 aliphatic carbocycles. The third kappa shape index (κ3) is 15.3. The Morgan fingerprint density at radius 2 is 0.862 bits per heavy atom. The van der Waals surface area contributed by atoms with Crippen molar-refractivity contribution in [3.05, 3.63) is 73.1 Å². The van der Waals surface area contributed by atoms with Crippen molar-refractivity contribution in [1.82, 2.24) is 40.5 Å². The van der Waals surface area contributed by atoms with Crippen LogP contribution >= 0.6 is 34.0 Å². The maximum atomic E-state index is 12.2. The highest BCUT2D eigenvalue weighted by molar-refractivity contribution is 7.19. The van der Waals surface area contributed by atoms with Crippen LogP contribution in [0, 0.1) is 13.1 Å². The molecule has 6 aromatic heterocycles. The molecule has 6 N–H and O–H groups in total. The van der Waals surface area contributed by atoms with E-state index in [-0.39, 0.29) is 70.8 Å². The van der Waals surface area contributed by atoms with Crippen molar-refractivity contribution in [1.29, 1.82) is 0 Å². The maximum Gasteiger partial charge on any atom is 0.408 e. The van der Waals surface area contributed by atoms with Gasteiger partial charge < -0.3 is 55.5 Å². The fraction of sp³-hybridized carbons (Fsp3) is 0.641. The molecule has 3 atom stereocenters. The molecule has 0 unspecified atom stereocenters. The van der Waals surface area contributed by atoms with Gasteiger partial charge >= 0.3 is 12.2 Å². The van der Waals surface area contributed by atoms with E-state index in [4.69, 9.17) is 48.3 Å². The number of hydrogen-bond donors (Lipinski definition) is 4. The van der Waals surface area contributed by atoms with Crippen molar-refractivity contribution >= 4 is 82.8 Å². The number of thiophene rings is 3. The van der Waals surface area contributed by atoms with Crippen LogP contribution in [0.5, 0.6) is 17.6 Å². The number of alkyl carbamates (subject to hydrolysis) is 2. The number of nitrogens with two attached hydrogens (primary N) is 2. The number of fused-ring (bicyclic) bond motifs is 9. The lowest BCUT2D eigenvalue weighted by molar-refractivity contribution is -0.118. The summed E-state index contributed by atoms with van der Waals surface area (Å²) in [6.45, 7) is 33.0. The van der Waals surface area contributed by atoms with Crippen LogP contribution in [-0.4, -0.2) is 107 Å². The molecule has 87 heavy (non-hydrogen) atoms. The van der Waals surface area contributed by atoms with E-state index in [2.05, 4.69) is 71.0 Å². The first kappa shape index (κ1) is 63.5. The molecule has 6 heterocycles. The number of ether oxygens (including phenoxy) is 5. The van der Waals surface area contributed by atoms with Crippen molar-refractivity contribution in [2.75, 3.05) is 13.1 Å². The van der Waals surface area contributed by atoms with Gasteiger partial charge in [0.2, 0.25) is 36.6 Å². The predicted octanol–water partition coefficient (Wildman–Crippen LogP) is 13.1. The SMILES string of the molecule is CC1(N)CCC(Oc2ncnc3sc4c(c23)[C@@H](CC(N)=O)CC4)CC1.[C-]#[N+]C[C@H]1CCc2sc3ncnc(OC4CCC(C)(NC(=O)OC(C)(C)C)CC4)c3c21.[C-]#[N+]C[C@H]1CCc2sc3ncnc(OC4CCC(C)(NC(=O)OC(C)(C)C)CC4)c3c21. The van der Waals surface area contributed by atoms with Crippen LogP contribution < -0.4 is 36.3 Å². The average molecular weight is 1250 g/mol. The van der Waals surface area contributed by atoms with Gasteiger partial charge in [-0.1, -0.05) is 0 Å². The van der Waals surface area contributed by atoms with Crippen LogP contribution in [0.4, 0.5) is 9.59 Å². The monoisotopic (exact) mass is 1240 g/mol. The summed E-state index contributed by atoms with van der Waals surface area (Å²) in [7, 11) is 0. The van der Waals surface area contributed by atoms with Gasteiger partial charge in [-0.25, -0.2) is 52.6 Å². The van der Waals surface area contributed by atoms with Crippen molar-refractivity contribution in [3.8, 4) is 17.6 Å². The quantitative estimate of drug-likeness (QED) is 0.0831. The lowest BCUT2D eigenvalue weighted by Gasteiger charge is -2.38. The fourth-order valence-corrected chi connectivity index (χ4v) is 17.0. The van der Waals surface area contributed by atoms with E-state index in [0.717, 1.165) is 146 Å². The Morgan fingerprint density at radius 1 is 0.540 bits per heavy atom. The minimum absolute atomic E-state index is 0.0443. The van der Waals surface area contributed by atoms with E-state index in [0.29, 0.717) is 37.2 Å². The zero-order chi connectivity index (χ0) is 62.1.